The fourth-order valence-electron chi connectivity index (χ4n) is 2.79. The molecule has 8 heteroatoms. The van der Waals surface area contributed by atoms with Gasteiger partial charge in [-0.05, 0) is 44.2 Å². The first kappa shape index (κ1) is 19.1. The molecule has 25 heavy (non-hydrogen) atoms. The predicted octanol–water partition coefficient (Wildman–Crippen LogP) is 1.76. The summed E-state index contributed by atoms with van der Waals surface area (Å²) >= 11 is 0. The quantitative estimate of drug-likeness (QED) is 0.782. The molecule has 2 rings (SSSR count). The Morgan fingerprint density at radius 1 is 1.36 bits per heavy atom. The smallest absolute Gasteiger partial charge is 0.387 e. The number of carbonyl (C=O) groups is 2. The number of hydrogen-bond donors (Lipinski definition) is 2. The highest BCUT2D eigenvalue weighted by Crippen LogP contribution is 2.24. The van der Waals surface area contributed by atoms with Crippen LogP contribution in [-0.4, -0.2) is 44.6 Å². The van der Waals surface area contributed by atoms with Crippen LogP contribution in [0, 0.1) is 5.92 Å². The number of nitrogens with one attached hydrogen (secondary N) is 2. The predicted molar refractivity (Wildman–Crippen MR) is 89.7 cm³/mol. The Kier molecular flexibility index (Phi) is 6.69. The maximum atomic E-state index is 12.6. The lowest BCUT2D eigenvalue weighted by Crippen LogP contribution is -2.53. The first-order valence-electron chi connectivity index (χ1n) is 8.23. The molecule has 0 bridgehead atoms. The third kappa shape index (κ3) is 5.12. The number of piperidine rings is 1. The second-order valence-corrected chi connectivity index (χ2v) is 6.02. The number of alkyl halides is 2. The average molecular weight is 355 g/mol. The van der Waals surface area contributed by atoms with Crippen LogP contribution in [0.1, 0.15) is 19.8 Å². The van der Waals surface area contributed by atoms with Gasteiger partial charge in [0.1, 0.15) is 11.8 Å². The Morgan fingerprint density at radius 2 is 2.04 bits per heavy atom. The van der Waals surface area contributed by atoms with Crippen molar-refractivity contribution in [2.75, 3.05) is 25.0 Å². The first-order valence-corrected chi connectivity index (χ1v) is 8.23. The number of amides is 2. The van der Waals surface area contributed by atoms with Gasteiger partial charge in [0.05, 0.1) is 0 Å². The third-order valence-electron chi connectivity index (χ3n) is 4.09. The number of hydrogen-bond acceptors (Lipinski definition) is 4. The average Bonchev–Trinajstić information content (AvgIpc) is 2.57. The van der Waals surface area contributed by atoms with Crippen LogP contribution in [0.15, 0.2) is 24.3 Å². The standard InChI is InChI=1S/C17H23F2N3O3/c1-11(10-20-2)15(23)21-14-4-3-9-22(16(14)24)12-5-7-13(8-6-12)25-17(18)19/h5-8,11,14,17,20H,3-4,9-10H2,1-2H3,(H,21,23). The molecule has 1 saturated heterocycles. The van der Waals surface area contributed by atoms with Crippen molar-refractivity contribution in [1.29, 1.82) is 0 Å². The van der Waals surface area contributed by atoms with Crippen molar-refractivity contribution in [3.05, 3.63) is 24.3 Å². The van der Waals surface area contributed by atoms with E-state index in [0.29, 0.717) is 25.2 Å². The van der Waals surface area contributed by atoms with E-state index in [1.54, 1.807) is 31.0 Å². The molecule has 0 aromatic heterocycles. The molecule has 2 unspecified atom stereocenters. The minimum Gasteiger partial charge on any atom is -0.435 e. The molecule has 1 heterocycles. The molecule has 1 fully saturated rings. The molecule has 2 N–H and O–H groups in total. The summed E-state index contributed by atoms with van der Waals surface area (Å²) in [7, 11) is 1.76. The van der Waals surface area contributed by atoms with Gasteiger partial charge in [0.25, 0.3) is 0 Å². The van der Waals surface area contributed by atoms with Crippen molar-refractivity contribution in [3.63, 3.8) is 0 Å². The molecule has 2 atom stereocenters. The summed E-state index contributed by atoms with van der Waals surface area (Å²) in [5, 5.41) is 5.73. The highest BCUT2D eigenvalue weighted by molar-refractivity contribution is 6.00. The number of nitrogens with zero attached hydrogens (tertiary/aromatic N) is 1. The van der Waals surface area contributed by atoms with Crippen LogP contribution in [0.4, 0.5) is 14.5 Å². The monoisotopic (exact) mass is 355 g/mol. The molecular weight excluding hydrogens is 332 g/mol. The Balaban J connectivity index is 2.02. The van der Waals surface area contributed by atoms with Crippen molar-refractivity contribution >= 4 is 17.5 Å². The Labute approximate surface area is 145 Å². The fraction of sp³-hybridized carbons (Fsp3) is 0.529. The molecule has 6 nitrogen and oxygen atoms in total. The van der Waals surface area contributed by atoms with E-state index >= 15 is 0 Å². The van der Waals surface area contributed by atoms with Crippen molar-refractivity contribution in [1.82, 2.24) is 10.6 Å². The third-order valence-corrected chi connectivity index (χ3v) is 4.09. The van der Waals surface area contributed by atoms with Gasteiger partial charge in [-0.1, -0.05) is 6.92 Å². The largest absolute Gasteiger partial charge is 0.435 e. The van der Waals surface area contributed by atoms with Crippen LogP contribution in [0.5, 0.6) is 5.75 Å². The summed E-state index contributed by atoms with van der Waals surface area (Å²) in [6.07, 6.45) is 1.33. The molecule has 2 amide bonds. The van der Waals surface area contributed by atoms with Gasteiger partial charge in [0, 0.05) is 24.7 Å². The zero-order chi connectivity index (χ0) is 18.4. The number of halogens is 2. The van der Waals surface area contributed by atoms with E-state index in [9.17, 15) is 18.4 Å². The van der Waals surface area contributed by atoms with Gasteiger partial charge < -0.3 is 20.3 Å². The van der Waals surface area contributed by atoms with Crippen LogP contribution < -0.4 is 20.3 Å². The van der Waals surface area contributed by atoms with E-state index < -0.39 is 12.7 Å². The molecule has 1 aliphatic heterocycles. The number of rotatable bonds is 7. The minimum absolute atomic E-state index is 0.0361. The van der Waals surface area contributed by atoms with Crippen LogP contribution in [-0.2, 0) is 9.59 Å². The summed E-state index contributed by atoms with van der Waals surface area (Å²) in [6.45, 7) is -0.0471. The van der Waals surface area contributed by atoms with E-state index in [-0.39, 0.29) is 23.5 Å². The van der Waals surface area contributed by atoms with Crippen LogP contribution >= 0.6 is 0 Å². The summed E-state index contributed by atoms with van der Waals surface area (Å²) in [4.78, 5) is 26.3. The summed E-state index contributed by atoms with van der Waals surface area (Å²) < 4.78 is 28.7. The zero-order valence-electron chi connectivity index (χ0n) is 14.3. The van der Waals surface area contributed by atoms with E-state index in [1.165, 1.54) is 12.1 Å². The lowest BCUT2D eigenvalue weighted by molar-refractivity contribution is -0.130. The lowest BCUT2D eigenvalue weighted by atomic mass is 10.0. The zero-order valence-corrected chi connectivity index (χ0v) is 14.3. The van der Waals surface area contributed by atoms with Gasteiger partial charge in [-0.25, -0.2) is 0 Å². The number of carbonyl (C=O) groups excluding carboxylic acids is 2. The van der Waals surface area contributed by atoms with E-state index in [4.69, 9.17) is 0 Å². The van der Waals surface area contributed by atoms with E-state index in [1.807, 2.05) is 0 Å². The van der Waals surface area contributed by atoms with Crippen LogP contribution in [0.25, 0.3) is 0 Å². The maximum absolute atomic E-state index is 12.6. The summed E-state index contributed by atoms with van der Waals surface area (Å²) in [5.74, 6) is -0.568. The van der Waals surface area contributed by atoms with E-state index in [0.717, 1.165) is 6.42 Å². The van der Waals surface area contributed by atoms with Crippen molar-refractivity contribution in [2.24, 2.45) is 5.92 Å². The van der Waals surface area contributed by atoms with Gasteiger partial charge >= 0.3 is 6.61 Å². The topological polar surface area (TPSA) is 70.7 Å². The molecular formula is C17H23F2N3O3. The Hall–Kier alpha value is -2.22. The highest BCUT2D eigenvalue weighted by atomic mass is 19.3. The molecule has 0 radical (unpaired) electrons. The Morgan fingerprint density at radius 3 is 2.64 bits per heavy atom. The number of ether oxygens (including phenoxy) is 1. The summed E-state index contributed by atoms with van der Waals surface area (Å²) in [5.41, 5.74) is 0.592. The molecule has 0 spiro atoms. The lowest BCUT2D eigenvalue weighted by Gasteiger charge is -2.33. The van der Waals surface area contributed by atoms with Gasteiger partial charge in [-0.2, -0.15) is 8.78 Å². The van der Waals surface area contributed by atoms with Crippen LogP contribution in [0.3, 0.4) is 0 Å². The van der Waals surface area contributed by atoms with Crippen molar-refractivity contribution < 1.29 is 23.1 Å². The van der Waals surface area contributed by atoms with E-state index in [2.05, 4.69) is 15.4 Å². The van der Waals surface area contributed by atoms with Crippen LogP contribution in [0.2, 0.25) is 0 Å². The molecule has 138 valence electrons. The summed E-state index contributed by atoms with van der Waals surface area (Å²) in [6, 6.07) is 5.34. The molecule has 0 aliphatic carbocycles. The second kappa shape index (κ2) is 8.75. The number of anilines is 1. The molecule has 1 aromatic carbocycles. The molecule has 1 aliphatic rings. The van der Waals surface area contributed by atoms with Gasteiger partial charge in [0.15, 0.2) is 0 Å². The van der Waals surface area contributed by atoms with Crippen molar-refractivity contribution in [2.45, 2.75) is 32.4 Å². The fourth-order valence-corrected chi connectivity index (χ4v) is 2.79. The maximum Gasteiger partial charge on any atom is 0.387 e. The highest BCUT2D eigenvalue weighted by Gasteiger charge is 2.31. The molecule has 0 saturated carbocycles. The normalized spacial score (nSPS) is 19.0. The van der Waals surface area contributed by atoms with Gasteiger partial charge in [0.2, 0.25) is 11.8 Å². The van der Waals surface area contributed by atoms with Gasteiger partial charge in [-0.3, -0.25) is 9.59 Å². The SMILES string of the molecule is CNCC(C)C(=O)NC1CCCN(c2ccc(OC(F)F)cc2)C1=O. The number of benzene rings is 1. The second-order valence-electron chi connectivity index (χ2n) is 6.02. The Bertz CT molecular complexity index is 595. The van der Waals surface area contributed by atoms with Crippen molar-refractivity contribution in [3.8, 4) is 5.75 Å². The minimum atomic E-state index is -2.89. The first-order chi connectivity index (χ1) is 11.9. The van der Waals surface area contributed by atoms with Gasteiger partial charge in [-0.15, -0.1) is 0 Å². The molecule has 1 aromatic rings.